The number of carbonyl (C=O) groups is 2. The van der Waals surface area contributed by atoms with Gasteiger partial charge >= 0.3 is 0 Å². The molecule has 154 valence electrons. The van der Waals surface area contributed by atoms with Gasteiger partial charge in [0.15, 0.2) is 0 Å². The Hall–Kier alpha value is -0.660. The monoisotopic (exact) mass is 366 g/mol. The van der Waals surface area contributed by atoms with Gasteiger partial charge in [0.25, 0.3) is 0 Å². The molecule has 0 aromatic heterocycles. The van der Waals surface area contributed by atoms with Gasteiger partial charge in [-0.2, -0.15) is 0 Å². The van der Waals surface area contributed by atoms with Gasteiger partial charge in [-0.15, -0.1) is 0 Å². The van der Waals surface area contributed by atoms with Gasteiger partial charge in [0, 0.05) is 24.7 Å². The smallest absolute Gasteiger partial charge is 0.138 e. The lowest BCUT2D eigenvalue weighted by atomic mass is 9.80. The van der Waals surface area contributed by atoms with E-state index in [1.807, 2.05) is 13.8 Å². The summed E-state index contributed by atoms with van der Waals surface area (Å²) in [7, 11) is 0. The Balaban J connectivity index is 3.78. The van der Waals surface area contributed by atoms with E-state index >= 15 is 0 Å². The largest absolute Gasteiger partial charge is 0.300 e. The summed E-state index contributed by atoms with van der Waals surface area (Å²) in [5.74, 6) is 0.551. The van der Waals surface area contributed by atoms with Crippen molar-refractivity contribution in [3.8, 4) is 0 Å². The second-order valence-electron chi connectivity index (χ2n) is 8.77. The quantitative estimate of drug-likeness (QED) is 0.218. The Morgan fingerprint density at radius 1 is 0.577 bits per heavy atom. The first-order valence-corrected chi connectivity index (χ1v) is 11.5. The number of unbranched alkanes of at least 4 members (excludes halogenated alkanes) is 12. The highest BCUT2D eigenvalue weighted by Gasteiger charge is 2.29. The SMILES string of the molecule is CCCCCCCCCC(=O)CC(C)(C)C(=O)CCCCCCCCC. The molecule has 0 fully saturated rings. The molecule has 0 N–H and O–H groups in total. The molecule has 2 nitrogen and oxygen atoms in total. The first kappa shape index (κ1) is 25.3. The molecule has 0 aliphatic heterocycles. The van der Waals surface area contributed by atoms with Crippen LogP contribution >= 0.6 is 0 Å². The number of Topliss-reactive ketones (excluding diaryl/α,β-unsaturated/α-hetero) is 2. The van der Waals surface area contributed by atoms with Gasteiger partial charge < -0.3 is 0 Å². The normalized spacial score (nSPS) is 11.7. The van der Waals surface area contributed by atoms with E-state index in [1.165, 1.54) is 64.2 Å². The van der Waals surface area contributed by atoms with Crippen molar-refractivity contribution in [1.29, 1.82) is 0 Å². The molecule has 0 radical (unpaired) electrons. The Labute approximate surface area is 163 Å². The van der Waals surface area contributed by atoms with Crippen molar-refractivity contribution < 1.29 is 9.59 Å². The molecule has 0 heterocycles. The zero-order valence-corrected chi connectivity index (χ0v) is 18.3. The molecule has 0 amide bonds. The van der Waals surface area contributed by atoms with Gasteiger partial charge in [0.2, 0.25) is 0 Å². The highest BCUT2D eigenvalue weighted by atomic mass is 16.1. The first-order valence-electron chi connectivity index (χ1n) is 11.5. The molecule has 0 atom stereocenters. The Bertz CT molecular complexity index is 357. The van der Waals surface area contributed by atoms with Crippen LogP contribution < -0.4 is 0 Å². The van der Waals surface area contributed by atoms with E-state index in [0.29, 0.717) is 19.3 Å². The van der Waals surface area contributed by atoms with Gasteiger partial charge in [-0.1, -0.05) is 105 Å². The third-order valence-electron chi connectivity index (χ3n) is 5.46. The maximum absolute atomic E-state index is 12.5. The summed E-state index contributed by atoms with van der Waals surface area (Å²) in [5.41, 5.74) is -0.472. The predicted octanol–water partition coefficient (Wildman–Crippen LogP) is 7.82. The van der Waals surface area contributed by atoms with Crippen molar-refractivity contribution in [2.24, 2.45) is 5.41 Å². The van der Waals surface area contributed by atoms with Gasteiger partial charge in [-0.25, -0.2) is 0 Å². The molecule has 0 bridgehead atoms. The van der Waals surface area contributed by atoms with Crippen LogP contribution in [0.1, 0.15) is 137 Å². The minimum atomic E-state index is -0.472. The average molecular weight is 367 g/mol. The minimum absolute atomic E-state index is 0.275. The van der Waals surface area contributed by atoms with E-state index in [-0.39, 0.29) is 11.6 Å². The molecule has 26 heavy (non-hydrogen) atoms. The fraction of sp³-hybridized carbons (Fsp3) is 0.917. The lowest BCUT2D eigenvalue weighted by molar-refractivity contribution is -0.132. The molecule has 0 rings (SSSR count). The first-order chi connectivity index (χ1) is 12.4. The van der Waals surface area contributed by atoms with Gasteiger partial charge in [0.1, 0.15) is 11.6 Å². The van der Waals surface area contributed by atoms with Crippen LogP contribution in [0.4, 0.5) is 0 Å². The van der Waals surface area contributed by atoms with Gasteiger partial charge in [0.05, 0.1) is 0 Å². The van der Waals surface area contributed by atoms with Gasteiger partial charge in [-0.3, -0.25) is 9.59 Å². The second-order valence-corrected chi connectivity index (χ2v) is 8.77. The summed E-state index contributed by atoms with van der Waals surface area (Å²) in [4.78, 5) is 24.7. The van der Waals surface area contributed by atoms with Gasteiger partial charge in [-0.05, 0) is 12.8 Å². The van der Waals surface area contributed by atoms with E-state index in [9.17, 15) is 9.59 Å². The number of hydrogen-bond donors (Lipinski definition) is 0. The molecule has 2 heteroatoms. The number of ketones is 2. The van der Waals surface area contributed by atoms with Crippen molar-refractivity contribution in [2.75, 3.05) is 0 Å². The van der Waals surface area contributed by atoms with Crippen LogP contribution in [-0.4, -0.2) is 11.6 Å². The summed E-state index contributed by atoms with van der Waals surface area (Å²) < 4.78 is 0. The minimum Gasteiger partial charge on any atom is -0.300 e. The molecule has 0 aromatic rings. The summed E-state index contributed by atoms with van der Waals surface area (Å²) in [5, 5.41) is 0. The standard InChI is InChI=1S/C24H46O2/c1-5-7-9-11-13-15-17-19-22(25)21-24(3,4)23(26)20-18-16-14-12-10-8-6-2/h5-21H2,1-4H3. The molecule has 0 saturated carbocycles. The third kappa shape index (κ3) is 14.5. The van der Waals surface area contributed by atoms with E-state index in [1.54, 1.807) is 0 Å². The summed E-state index contributed by atoms with van der Waals surface area (Å²) in [6, 6.07) is 0. The molecule has 0 spiro atoms. The van der Waals surface area contributed by atoms with Crippen molar-refractivity contribution in [2.45, 2.75) is 137 Å². The maximum atomic E-state index is 12.5. The zero-order chi connectivity index (χ0) is 19.7. The molecule has 0 unspecified atom stereocenters. The zero-order valence-electron chi connectivity index (χ0n) is 18.3. The fourth-order valence-electron chi connectivity index (χ4n) is 3.54. The van der Waals surface area contributed by atoms with Crippen LogP contribution in [0, 0.1) is 5.41 Å². The van der Waals surface area contributed by atoms with E-state index in [4.69, 9.17) is 0 Å². The summed E-state index contributed by atoms with van der Waals surface area (Å²) in [6.07, 6.45) is 18.9. The van der Waals surface area contributed by atoms with E-state index < -0.39 is 5.41 Å². The average Bonchev–Trinajstić information content (AvgIpc) is 2.59. The fourth-order valence-corrected chi connectivity index (χ4v) is 3.54. The second kappa shape index (κ2) is 16.5. The predicted molar refractivity (Wildman–Crippen MR) is 114 cm³/mol. The van der Waals surface area contributed by atoms with Crippen LogP contribution in [0.15, 0.2) is 0 Å². The Morgan fingerprint density at radius 2 is 0.962 bits per heavy atom. The van der Waals surface area contributed by atoms with Crippen molar-refractivity contribution in [3.63, 3.8) is 0 Å². The van der Waals surface area contributed by atoms with Crippen LogP contribution in [0.3, 0.4) is 0 Å². The number of hydrogen-bond acceptors (Lipinski definition) is 2. The number of carbonyl (C=O) groups excluding carboxylic acids is 2. The van der Waals surface area contributed by atoms with Crippen LogP contribution in [-0.2, 0) is 9.59 Å². The highest BCUT2D eigenvalue weighted by molar-refractivity contribution is 5.90. The molecule has 0 aliphatic rings. The molecule has 0 aromatic carbocycles. The van der Waals surface area contributed by atoms with Crippen molar-refractivity contribution in [1.82, 2.24) is 0 Å². The van der Waals surface area contributed by atoms with Crippen LogP contribution in [0.25, 0.3) is 0 Å². The third-order valence-corrected chi connectivity index (χ3v) is 5.46. The van der Waals surface area contributed by atoms with Crippen LogP contribution in [0.2, 0.25) is 0 Å². The molecular formula is C24H46O2. The molecule has 0 aliphatic carbocycles. The maximum Gasteiger partial charge on any atom is 0.138 e. The topological polar surface area (TPSA) is 34.1 Å². The van der Waals surface area contributed by atoms with Crippen LogP contribution in [0.5, 0.6) is 0 Å². The Kier molecular flexibility index (Phi) is 16.1. The highest BCUT2D eigenvalue weighted by Crippen LogP contribution is 2.26. The van der Waals surface area contributed by atoms with Crippen molar-refractivity contribution >= 4 is 11.6 Å². The van der Waals surface area contributed by atoms with E-state index in [2.05, 4.69) is 13.8 Å². The molecular weight excluding hydrogens is 320 g/mol. The van der Waals surface area contributed by atoms with Crippen molar-refractivity contribution in [3.05, 3.63) is 0 Å². The lowest BCUT2D eigenvalue weighted by Gasteiger charge is -2.22. The van der Waals surface area contributed by atoms with E-state index in [0.717, 1.165) is 25.7 Å². The lowest BCUT2D eigenvalue weighted by Crippen LogP contribution is -2.27. The summed E-state index contributed by atoms with van der Waals surface area (Å²) >= 11 is 0. The molecule has 0 saturated heterocycles. The Morgan fingerprint density at radius 3 is 1.42 bits per heavy atom. The number of rotatable bonds is 19. The summed E-state index contributed by atoms with van der Waals surface area (Å²) in [6.45, 7) is 8.38.